The number of hydrogen-bond donors (Lipinski definition) is 1. The summed E-state index contributed by atoms with van der Waals surface area (Å²) in [6.07, 6.45) is 4.86. The van der Waals surface area contributed by atoms with Crippen molar-refractivity contribution < 1.29 is 24.2 Å². The third-order valence-electron chi connectivity index (χ3n) is 7.86. The summed E-state index contributed by atoms with van der Waals surface area (Å²) in [4.78, 5) is 29.7. The lowest BCUT2D eigenvalue weighted by molar-refractivity contribution is -0.197. The fraction of sp³-hybridized carbons (Fsp3) is 0.667. The molecule has 6 rings (SSSR count). The van der Waals surface area contributed by atoms with Crippen LogP contribution in [0.4, 0.5) is 5.69 Å². The van der Waals surface area contributed by atoms with E-state index in [1.807, 2.05) is 24.3 Å². The van der Waals surface area contributed by atoms with Gasteiger partial charge in [0.1, 0.15) is 5.75 Å². The molecule has 168 valence electrons. The minimum Gasteiger partial charge on any atom is -0.497 e. The molecule has 0 spiro atoms. The Morgan fingerprint density at radius 2 is 1.68 bits per heavy atom. The third-order valence-corrected chi connectivity index (χ3v) is 7.86. The van der Waals surface area contributed by atoms with Crippen LogP contribution >= 0.6 is 0 Å². The smallest absolute Gasteiger partial charge is 0.312 e. The van der Waals surface area contributed by atoms with Crippen molar-refractivity contribution in [3.8, 4) is 5.75 Å². The van der Waals surface area contributed by atoms with E-state index < -0.39 is 11.0 Å². The van der Waals surface area contributed by atoms with Gasteiger partial charge in [0.15, 0.2) is 6.61 Å². The van der Waals surface area contributed by atoms with Gasteiger partial charge in [0.05, 0.1) is 18.1 Å². The van der Waals surface area contributed by atoms with Crippen molar-refractivity contribution in [2.24, 2.45) is 17.3 Å². The molecule has 0 aromatic heterocycles. The lowest BCUT2D eigenvalue weighted by Crippen LogP contribution is -2.58. The van der Waals surface area contributed by atoms with Crippen LogP contribution in [-0.2, 0) is 14.3 Å². The van der Waals surface area contributed by atoms with Gasteiger partial charge in [-0.05, 0) is 74.6 Å². The highest BCUT2D eigenvalue weighted by molar-refractivity contribution is 5.83. The number of methoxy groups -OCH3 is 1. The third kappa shape index (κ3) is 3.88. The van der Waals surface area contributed by atoms with Crippen LogP contribution in [0.25, 0.3) is 0 Å². The Morgan fingerprint density at radius 1 is 1.03 bits per heavy atom. The summed E-state index contributed by atoms with van der Waals surface area (Å²) in [6.45, 7) is 2.50. The number of nitrogens with zero attached hydrogens (tertiary/aromatic N) is 2. The van der Waals surface area contributed by atoms with E-state index >= 15 is 0 Å². The van der Waals surface area contributed by atoms with Crippen molar-refractivity contribution in [2.75, 3.05) is 44.8 Å². The molecule has 2 atom stereocenters. The molecular weight excluding hydrogens is 396 g/mol. The maximum atomic E-state index is 13.0. The predicted octanol–water partition coefficient (Wildman–Crippen LogP) is 2.22. The fourth-order valence-electron chi connectivity index (χ4n) is 6.83. The molecule has 1 amide bonds. The van der Waals surface area contributed by atoms with Crippen LogP contribution in [0.15, 0.2) is 24.3 Å². The van der Waals surface area contributed by atoms with Gasteiger partial charge in [0.2, 0.25) is 0 Å². The van der Waals surface area contributed by atoms with Crippen molar-refractivity contribution >= 4 is 17.6 Å². The topological polar surface area (TPSA) is 79.3 Å². The van der Waals surface area contributed by atoms with Gasteiger partial charge in [0, 0.05) is 31.9 Å². The van der Waals surface area contributed by atoms with Crippen LogP contribution < -0.4 is 9.64 Å². The molecule has 1 aliphatic heterocycles. The number of rotatable bonds is 5. The molecule has 1 aromatic rings. The van der Waals surface area contributed by atoms with Gasteiger partial charge in [-0.3, -0.25) is 9.59 Å². The molecule has 7 nitrogen and oxygen atoms in total. The number of amides is 1. The Morgan fingerprint density at radius 3 is 2.26 bits per heavy atom. The van der Waals surface area contributed by atoms with Crippen molar-refractivity contribution in [1.82, 2.24) is 4.90 Å². The summed E-state index contributed by atoms with van der Waals surface area (Å²) in [5, 5.41) is 10.9. The first kappa shape index (κ1) is 20.6. The Kier molecular flexibility index (Phi) is 5.12. The first-order valence-electron chi connectivity index (χ1n) is 11.4. The van der Waals surface area contributed by atoms with E-state index in [0.29, 0.717) is 31.3 Å². The average Bonchev–Trinajstić information content (AvgIpc) is 2.75. The zero-order valence-corrected chi connectivity index (χ0v) is 18.2. The van der Waals surface area contributed by atoms with Crippen molar-refractivity contribution in [1.29, 1.82) is 0 Å². The Labute approximate surface area is 183 Å². The van der Waals surface area contributed by atoms with E-state index in [4.69, 9.17) is 9.47 Å². The normalized spacial score (nSPS) is 34.0. The molecule has 5 fully saturated rings. The molecule has 5 aliphatic rings. The van der Waals surface area contributed by atoms with Crippen LogP contribution in [0, 0.1) is 17.3 Å². The van der Waals surface area contributed by atoms with Crippen molar-refractivity contribution in [3.05, 3.63) is 24.3 Å². The predicted molar refractivity (Wildman–Crippen MR) is 115 cm³/mol. The second kappa shape index (κ2) is 7.69. The molecule has 1 saturated heterocycles. The van der Waals surface area contributed by atoms with Crippen LogP contribution in [0.1, 0.15) is 38.5 Å². The summed E-state index contributed by atoms with van der Waals surface area (Å²) < 4.78 is 10.8. The van der Waals surface area contributed by atoms with Gasteiger partial charge in [0.25, 0.3) is 5.91 Å². The van der Waals surface area contributed by atoms with E-state index in [2.05, 4.69) is 4.90 Å². The van der Waals surface area contributed by atoms with Crippen LogP contribution in [0.2, 0.25) is 0 Å². The summed E-state index contributed by atoms with van der Waals surface area (Å²) in [7, 11) is 1.65. The summed E-state index contributed by atoms with van der Waals surface area (Å²) >= 11 is 0. The molecule has 1 heterocycles. The number of carbonyl (C=O) groups is 2. The molecular formula is C24H32N2O5. The van der Waals surface area contributed by atoms with E-state index in [1.165, 1.54) is 0 Å². The second-order valence-corrected chi connectivity index (χ2v) is 10.1. The number of anilines is 1. The molecule has 31 heavy (non-hydrogen) atoms. The lowest BCUT2D eigenvalue weighted by Gasteiger charge is -2.58. The zero-order chi connectivity index (χ0) is 21.6. The molecule has 4 aliphatic carbocycles. The fourth-order valence-corrected chi connectivity index (χ4v) is 6.83. The Balaban J connectivity index is 1.13. The molecule has 0 radical (unpaired) electrons. The second-order valence-electron chi connectivity index (χ2n) is 10.1. The Bertz CT molecular complexity index is 832. The van der Waals surface area contributed by atoms with Crippen LogP contribution in [0.5, 0.6) is 5.75 Å². The van der Waals surface area contributed by atoms with Gasteiger partial charge in [-0.25, -0.2) is 0 Å². The molecule has 0 unspecified atom stereocenters. The van der Waals surface area contributed by atoms with E-state index in [-0.39, 0.29) is 18.5 Å². The summed E-state index contributed by atoms with van der Waals surface area (Å²) in [5.41, 5.74) is -0.170. The van der Waals surface area contributed by atoms with Crippen molar-refractivity contribution in [3.63, 3.8) is 0 Å². The van der Waals surface area contributed by atoms with E-state index in [9.17, 15) is 14.7 Å². The minimum absolute atomic E-state index is 0.133. The van der Waals surface area contributed by atoms with Crippen molar-refractivity contribution in [2.45, 2.75) is 44.1 Å². The van der Waals surface area contributed by atoms with E-state index in [0.717, 1.165) is 56.6 Å². The standard InChI is InChI=1S/C24H32N2O5/c1-30-20-4-2-19(3-5-20)25-6-8-26(9-7-25)21(27)15-31-22(28)23-11-17-10-18(12-23)14-24(29,13-17)16-23/h2-5,17-18,29H,6-16H2,1H3/t17-,18-,23?,24?/m1/s1. The molecule has 4 bridgehead atoms. The maximum absolute atomic E-state index is 13.0. The summed E-state index contributed by atoms with van der Waals surface area (Å²) in [6, 6.07) is 7.93. The zero-order valence-electron chi connectivity index (χ0n) is 18.2. The SMILES string of the molecule is COc1ccc(N2CCN(C(=O)COC(=O)C34C[C@H]5C[C@@H](CC(O)(C5)C3)C4)CC2)cc1. The molecule has 4 saturated carbocycles. The lowest BCUT2D eigenvalue weighted by atomic mass is 9.48. The highest BCUT2D eigenvalue weighted by Crippen LogP contribution is 2.61. The summed E-state index contributed by atoms with van der Waals surface area (Å²) in [5.74, 6) is 1.25. The van der Waals surface area contributed by atoms with Gasteiger partial charge >= 0.3 is 5.97 Å². The highest BCUT2D eigenvalue weighted by Gasteiger charge is 2.61. The number of hydrogen-bond acceptors (Lipinski definition) is 6. The van der Waals surface area contributed by atoms with E-state index in [1.54, 1.807) is 12.0 Å². The largest absolute Gasteiger partial charge is 0.497 e. The van der Waals surface area contributed by atoms with Gasteiger partial charge in [-0.1, -0.05) is 0 Å². The number of ether oxygens (including phenoxy) is 2. The maximum Gasteiger partial charge on any atom is 0.312 e. The molecule has 7 heteroatoms. The number of piperazine rings is 1. The first-order chi connectivity index (χ1) is 14.9. The number of esters is 1. The van der Waals surface area contributed by atoms with Crippen LogP contribution in [-0.4, -0.2) is 67.4 Å². The van der Waals surface area contributed by atoms with Crippen LogP contribution in [0.3, 0.4) is 0 Å². The van der Waals surface area contributed by atoms with Gasteiger partial charge in [-0.2, -0.15) is 0 Å². The number of aliphatic hydroxyl groups is 1. The number of carbonyl (C=O) groups excluding carboxylic acids is 2. The Hall–Kier alpha value is -2.28. The van der Waals surface area contributed by atoms with Gasteiger partial charge < -0.3 is 24.4 Å². The highest BCUT2D eigenvalue weighted by atomic mass is 16.5. The first-order valence-corrected chi connectivity index (χ1v) is 11.4. The molecule has 1 N–H and O–H groups in total. The average molecular weight is 429 g/mol. The number of benzene rings is 1. The van der Waals surface area contributed by atoms with Gasteiger partial charge in [-0.15, -0.1) is 0 Å². The quantitative estimate of drug-likeness (QED) is 0.725. The monoisotopic (exact) mass is 428 g/mol. The minimum atomic E-state index is -0.703. The molecule has 1 aromatic carbocycles.